The van der Waals surface area contributed by atoms with Crippen LogP contribution in [-0.4, -0.2) is 30.0 Å². The van der Waals surface area contributed by atoms with Crippen LogP contribution in [-0.2, 0) is 0 Å². The minimum atomic E-state index is -0.0238. The molecule has 1 fully saturated rings. The predicted octanol–water partition coefficient (Wildman–Crippen LogP) is 2.35. The summed E-state index contributed by atoms with van der Waals surface area (Å²) in [6.45, 7) is 6.11. The van der Waals surface area contributed by atoms with Crippen molar-refractivity contribution in [2.24, 2.45) is 5.92 Å². The van der Waals surface area contributed by atoms with E-state index in [1.807, 2.05) is 13.0 Å². The second-order valence-electron chi connectivity index (χ2n) is 5.12. The van der Waals surface area contributed by atoms with Crippen LogP contribution in [0.15, 0.2) is 18.5 Å². The first-order valence-corrected chi connectivity index (χ1v) is 6.60. The molecule has 0 spiro atoms. The Hall–Kier alpha value is -0.840. The second kappa shape index (κ2) is 9.16. The van der Waals surface area contributed by atoms with Gasteiger partial charge in [-0.2, -0.15) is 0 Å². The third kappa shape index (κ3) is 5.27. The molecule has 1 aliphatic heterocycles. The van der Waals surface area contributed by atoms with Crippen molar-refractivity contribution >= 4 is 30.7 Å². The number of amides is 1. The van der Waals surface area contributed by atoms with Crippen LogP contribution in [0, 0.1) is 12.8 Å². The third-order valence-corrected chi connectivity index (χ3v) is 3.54. The van der Waals surface area contributed by atoms with Crippen LogP contribution in [0.3, 0.4) is 0 Å². The maximum atomic E-state index is 12.1. The maximum Gasteiger partial charge on any atom is 0.253 e. The Morgan fingerprint density at radius 3 is 2.80 bits per heavy atom. The molecule has 2 unspecified atom stereocenters. The Labute approximate surface area is 132 Å². The smallest absolute Gasteiger partial charge is 0.253 e. The van der Waals surface area contributed by atoms with Crippen LogP contribution >= 0.6 is 24.8 Å². The molecule has 0 bridgehead atoms. The number of hydrogen-bond donors (Lipinski definition) is 2. The number of halogens is 2. The molecule has 0 aromatic carbocycles. The van der Waals surface area contributed by atoms with E-state index in [4.69, 9.17) is 0 Å². The molecule has 1 aromatic rings. The molecule has 2 atom stereocenters. The highest BCUT2D eigenvalue weighted by Crippen LogP contribution is 2.14. The van der Waals surface area contributed by atoms with Crippen molar-refractivity contribution in [2.75, 3.05) is 13.1 Å². The van der Waals surface area contributed by atoms with Gasteiger partial charge in [0.25, 0.3) is 5.91 Å². The minimum Gasteiger partial charge on any atom is -0.349 e. The third-order valence-electron chi connectivity index (χ3n) is 3.54. The monoisotopic (exact) mass is 319 g/mol. The minimum absolute atomic E-state index is 0. The maximum absolute atomic E-state index is 12.1. The number of aryl methyl sites for hydroxylation is 1. The number of nitrogens with one attached hydrogen (secondary N) is 2. The number of rotatable bonds is 3. The van der Waals surface area contributed by atoms with E-state index in [-0.39, 0.29) is 36.8 Å². The summed E-state index contributed by atoms with van der Waals surface area (Å²) in [7, 11) is 0. The summed E-state index contributed by atoms with van der Waals surface area (Å²) < 4.78 is 0. The van der Waals surface area contributed by atoms with Gasteiger partial charge in [0, 0.05) is 18.4 Å². The highest BCUT2D eigenvalue weighted by atomic mass is 35.5. The van der Waals surface area contributed by atoms with E-state index in [2.05, 4.69) is 22.5 Å². The van der Waals surface area contributed by atoms with Crippen molar-refractivity contribution in [2.45, 2.75) is 32.7 Å². The molecule has 2 rings (SSSR count). The fraction of sp³-hybridized carbons (Fsp3) is 0.571. The molecule has 2 N–H and O–H groups in total. The SMILES string of the molecule is Cc1cncc(C(=O)NC(C)C2CCCNC2)c1.Cl.Cl. The van der Waals surface area contributed by atoms with Crippen LogP contribution in [0.4, 0.5) is 0 Å². The highest BCUT2D eigenvalue weighted by Gasteiger charge is 2.21. The summed E-state index contributed by atoms with van der Waals surface area (Å²) in [5, 5.41) is 6.45. The normalized spacial score (nSPS) is 19.2. The number of hydrogen-bond acceptors (Lipinski definition) is 3. The van der Waals surface area contributed by atoms with E-state index in [1.54, 1.807) is 12.4 Å². The average molecular weight is 320 g/mol. The van der Waals surface area contributed by atoms with Gasteiger partial charge in [0.2, 0.25) is 0 Å². The Bertz CT molecular complexity index is 423. The fourth-order valence-electron chi connectivity index (χ4n) is 2.39. The molecule has 0 saturated carbocycles. The quantitative estimate of drug-likeness (QED) is 0.899. The molecular weight excluding hydrogens is 297 g/mol. The van der Waals surface area contributed by atoms with Crippen LogP contribution < -0.4 is 10.6 Å². The number of pyridine rings is 1. The predicted molar refractivity (Wildman–Crippen MR) is 86.0 cm³/mol. The molecule has 1 saturated heterocycles. The molecule has 20 heavy (non-hydrogen) atoms. The van der Waals surface area contributed by atoms with Crippen molar-refractivity contribution in [3.8, 4) is 0 Å². The molecule has 0 aliphatic carbocycles. The van der Waals surface area contributed by atoms with Crippen LogP contribution in [0.25, 0.3) is 0 Å². The average Bonchev–Trinajstić information content (AvgIpc) is 2.39. The van der Waals surface area contributed by atoms with E-state index in [0.717, 1.165) is 18.7 Å². The van der Waals surface area contributed by atoms with Gasteiger partial charge in [0.05, 0.1) is 5.56 Å². The lowest BCUT2D eigenvalue weighted by molar-refractivity contribution is 0.0921. The van der Waals surface area contributed by atoms with Crippen molar-refractivity contribution in [1.29, 1.82) is 0 Å². The standard InChI is InChI=1S/C14H21N3O.2ClH/c1-10-6-13(9-16-7-10)14(18)17-11(2)12-4-3-5-15-8-12;;/h6-7,9,11-12,15H,3-5,8H2,1-2H3,(H,17,18);2*1H. The van der Waals surface area contributed by atoms with Crippen LogP contribution in [0.5, 0.6) is 0 Å². The van der Waals surface area contributed by atoms with Crippen molar-refractivity contribution in [1.82, 2.24) is 15.6 Å². The van der Waals surface area contributed by atoms with Gasteiger partial charge < -0.3 is 10.6 Å². The second-order valence-corrected chi connectivity index (χ2v) is 5.12. The Morgan fingerprint density at radius 1 is 1.45 bits per heavy atom. The lowest BCUT2D eigenvalue weighted by atomic mass is 9.92. The zero-order chi connectivity index (χ0) is 13.0. The Kier molecular flexibility index (Phi) is 8.78. The topological polar surface area (TPSA) is 54.0 Å². The number of carbonyl (C=O) groups excluding carboxylic acids is 1. The molecule has 4 nitrogen and oxygen atoms in total. The van der Waals surface area contributed by atoms with Gasteiger partial charge in [-0.15, -0.1) is 24.8 Å². The van der Waals surface area contributed by atoms with E-state index in [0.29, 0.717) is 11.5 Å². The molecule has 114 valence electrons. The van der Waals surface area contributed by atoms with E-state index < -0.39 is 0 Å². The Morgan fingerprint density at radius 2 is 2.20 bits per heavy atom. The molecular formula is C14H23Cl2N3O. The molecule has 1 aliphatic rings. The molecule has 1 aromatic heterocycles. The summed E-state index contributed by atoms with van der Waals surface area (Å²) in [6, 6.07) is 2.07. The lowest BCUT2D eigenvalue weighted by Crippen LogP contribution is -2.44. The fourth-order valence-corrected chi connectivity index (χ4v) is 2.39. The zero-order valence-electron chi connectivity index (χ0n) is 11.9. The van der Waals surface area contributed by atoms with Gasteiger partial charge >= 0.3 is 0 Å². The first kappa shape index (κ1) is 19.2. The first-order valence-electron chi connectivity index (χ1n) is 6.60. The summed E-state index contributed by atoms with van der Waals surface area (Å²) in [4.78, 5) is 16.1. The number of nitrogens with zero attached hydrogens (tertiary/aromatic N) is 1. The zero-order valence-corrected chi connectivity index (χ0v) is 13.5. The summed E-state index contributed by atoms with van der Waals surface area (Å²) in [5.41, 5.74) is 1.65. The number of aromatic nitrogens is 1. The van der Waals surface area contributed by atoms with Gasteiger partial charge in [0.15, 0.2) is 0 Å². The summed E-state index contributed by atoms with van der Waals surface area (Å²) in [5.74, 6) is 0.504. The summed E-state index contributed by atoms with van der Waals surface area (Å²) in [6.07, 6.45) is 5.75. The van der Waals surface area contributed by atoms with Gasteiger partial charge in [-0.05, 0) is 57.3 Å². The number of piperidine rings is 1. The first-order chi connectivity index (χ1) is 8.66. The number of carbonyl (C=O) groups is 1. The van der Waals surface area contributed by atoms with E-state index in [1.165, 1.54) is 12.8 Å². The van der Waals surface area contributed by atoms with Crippen LogP contribution in [0.2, 0.25) is 0 Å². The van der Waals surface area contributed by atoms with Crippen molar-refractivity contribution in [3.05, 3.63) is 29.6 Å². The lowest BCUT2D eigenvalue weighted by Gasteiger charge is -2.28. The van der Waals surface area contributed by atoms with Gasteiger partial charge in [0.1, 0.15) is 0 Å². The highest BCUT2D eigenvalue weighted by molar-refractivity contribution is 5.94. The van der Waals surface area contributed by atoms with E-state index in [9.17, 15) is 4.79 Å². The Balaban J connectivity index is 0.00000180. The molecule has 0 radical (unpaired) electrons. The van der Waals surface area contributed by atoms with Crippen LogP contribution in [0.1, 0.15) is 35.7 Å². The van der Waals surface area contributed by atoms with E-state index >= 15 is 0 Å². The van der Waals surface area contributed by atoms with Crippen molar-refractivity contribution in [3.63, 3.8) is 0 Å². The largest absolute Gasteiger partial charge is 0.349 e. The van der Waals surface area contributed by atoms with Gasteiger partial charge in [-0.1, -0.05) is 0 Å². The van der Waals surface area contributed by atoms with Gasteiger partial charge in [-0.25, -0.2) is 0 Å². The molecule has 6 heteroatoms. The van der Waals surface area contributed by atoms with Crippen molar-refractivity contribution < 1.29 is 4.79 Å². The molecule has 2 heterocycles. The van der Waals surface area contributed by atoms with Gasteiger partial charge in [-0.3, -0.25) is 9.78 Å². The summed E-state index contributed by atoms with van der Waals surface area (Å²) >= 11 is 0. The molecule has 1 amide bonds.